The lowest BCUT2D eigenvalue weighted by molar-refractivity contribution is -0.118. The average molecular weight is 605 g/mol. The number of carbonyl (C=O) groups excluding carboxylic acids is 1. The van der Waals surface area contributed by atoms with Gasteiger partial charge in [0.05, 0.1) is 23.4 Å². The molecule has 184 valence electrons. The molecule has 0 atom stereocenters. The van der Waals surface area contributed by atoms with E-state index in [1.807, 2.05) is 41.3 Å². The van der Waals surface area contributed by atoms with Crippen LogP contribution < -0.4 is 4.90 Å². The van der Waals surface area contributed by atoms with Crippen molar-refractivity contribution in [1.82, 2.24) is 9.88 Å². The highest BCUT2D eigenvalue weighted by molar-refractivity contribution is 9.10. The second kappa shape index (κ2) is 14.0. The van der Waals surface area contributed by atoms with Crippen LogP contribution in [0.3, 0.4) is 0 Å². The Morgan fingerprint density at radius 1 is 1.18 bits per heavy atom. The summed E-state index contributed by atoms with van der Waals surface area (Å²) < 4.78 is 7.55. The van der Waals surface area contributed by atoms with Crippen LogP contribution in [0, 0.1) is 0 Å². The number of rotatable bonds is 10. The van der Waals surface area contributed by atoms with E-state index in [-0.39, 0.29) is 18.3 Å². The number of thiazole rings is 1. The van der Waals surface area contributed by atoms with Crippen molar-refractivity contribution in [3.63, 3.8) is 0 Å². The van der Waals surface area contributed by atoms with Crippen LogP contribution in [0.1, 0.15) is 19.3 Å². The summed E-state index contributed by atoms with van der Waals surface area (Å²) in [5.41, 5.74) is 0.933. The molecule has 2 aromatic carbocycles. The number of benzene rings is 2. The molecule has 0 bridgehead atoms. The first-order chi connectivity index (χ1) is 16.1. The van der Waals surface area contributed by atoms with Gasteiger partial charge in [-0.3, -0.25) is 14.6 Å². The first-order valence-corrected chi connectivity index (χ1v) is 14.1. The first kappa shape index (κ1) is 27.7. The highest BCUT2D eigenvalue weighted by atomic mass is 79.9. The summed E-state index contributed by atoms with van der Waals surface area (Å²) >= 11 is 12.8. The first-order valence-electron chi connectivity index (χ1n) is 11.1. The second-order valence-corrected chi connectivity index (χ2v) is 11.4. The van der Waals surface area contributed by atoms with Crippen molar-refractivity contribution < 1.29 is 9.53 Å². The molecule has 1 fully saturated rings. The normalized spacial score (nSPS) is 14.2. The highest BCUT2D eigenvalue weighted by Gasteiger charge is 2.20. The number of morpholine rings is 1. The van der Waals surface area contributed by atoms with E-state index in [0.29, 0.717) is 13.0 Å². The van der Waals surface area contributed by atoms with E-state index in [1.165, 1.54) is 4.90 Å². The molecule has 4 rings (SSSR count). The Labute approximate surface area is 228 Å². The van der Waals surface area contributed by atoms with Gasteiger partial charge in [-0.2, -0.15) is 0 Å². The Balaban J connectivity index is 0.00000324. The number of hydrogen-bond donors (Lipinski definition) is 0. The quantitative estimate of drug-likeness (QED) is 0.189. The topological polar surface area (TPSA) is 45.7 Å². The Kier molecular flexibility index (Phi) is 11.4. The molecule has 1 aliphatic heterocycles. The third-order valence-electron chi connectivity index (χ3n) is 5.45. The summed E-state index contributed by atoms with van der Waals surface area (Å²) in [6.07, 6.45) is 2.26. The van der Waals surface area contributed by atoms with Gasteiger partial charge in [-0.05, 0) is 61.1 Å². The molecule has 1 amide bonds. The fraction of sp³-hybridized carbons (Fsp3) is 0.417. The molecule has 0 aliphatic carbocycles. The number of hydrogen-bond acceptors (Lipinski definition) is 6. The van der Waals surface area contributed by atoms with E-state index in [9.17, 15) is 4.79 Å². The van der Waals surface area contributed by atoms with E-state index in [0.717, 1.165) is 76.3 Å². The van der Waals surface area contributed by atoms with Gasteiger partial charge in [-0.15, -0.1) is 24.2 Å². The minimum absolute atomic E-state index is 0. The lowest BCUT2D eigenvalue weighted by Gasteiger charge is -2.27. The summed E-state index contributed by atoms with van der Waals surface area (Å²) in [5.74, 6) is 1.04. The van der Waals surface area contributed by atoms with Crippen molar-refractivity contribution in [2.45, 2.75) is 24.2 Å². The van der Waals surface area contributed by atoms with Crippen molar-refractivity contribution >= 4 is 84.3 Å². The number of carbonyl (C=O) groups is 1. The summed E-state index contributed by atoms with van der Waals surface area (Å²) in [7, 11) is 0. The van der Waals surface area contributed by atoms with Gasteiger partial charge in [0.2, 0.25) is 5.91 Å². The molecular formula is C24H28BrCl2N3O2S2. The molecule has 0 radical (unpaired) electrons. The molecule has 1 aromatic heterocycles. The fourth-order valence-corrected chi connectivity index (χ4v) is 6.22. The molecule has 0 saturated carbocycles. The second-order valence-electron chi connectivity index (χ2n) is 7.87. The van der Waals surface area contributed by atoms with Crippen LogP contribution in [0.25, 0.3) is 10.2 Å². The Morgan fingerprint density at radius 3 is 2.71 bits per heavy atom. The predicted molar refractivity (Wildman–Crippen MR) is 150 cm³/mol. The van der Waals surface area contributed by atoms with Crippen molar-refractivity contribution in [2.24, 2.45) is 0 Å². The van der Waals surface area contributed by atoms with Gasteiger partial charge in [-0.1, -0.05) is 38.9 Å². The number of ether oxygens (including phenoxy) is 1. The lowest BCUT2D eigenvalue weighted by atomic mass is 10.2. The smallest absolute Gasteiger partial charge is 0.228 e. The summed E-state index contributed by atoms with van der Waals surface area (Å²) in [5, 5.41) is 1.53. The molecular weight excluding hydrogens is 577 g/mol. The third kappa shape index (κ3) is 8.08. The summed E-state index contributed by atoms with van der Waals surface area (Å²) in [6, 6.07) is 13.9. The number of fused-ring (bicyclic) bond motifs is 1. The SMILES string of the molecule is Cl.O=C(CCCSc1ccc(Cl)cc1)N(CCCN1CCOCC1)c1nc2ccc(Br)cc2s1. The standard InChI is InChI=1S/C24H27BrClN3O2S2.ClH/c25-18-4-9-21-22(17-18)33-24(27-21)29(11-2-10-28-12-14-31-15-13-28)23(30)3-1-16-32-20-7-5-19(26)6-8-20;/h4-9,17H,1-3,10-16H2;1H. The van der Waals surface area contributed by atoms with Crippen molar-refractivity contribution in [3.8, 4) is 0 Å². The molecule has 10 heteroatoms. The molecule has 3 aromatic rings. The molecule has 0 spiro atoms. The largest absolute Gasteiger partial charge is 0.379 e. The number of thioether (sulfide) groups is 1. The number of amides is 1. The average Bonchev–Trinajstić information content (AvgIpc) is 3.24. The Hall–Kier alpha value is -0.870. The number of anilines is 1. The number of nitrogens with zero attached hydrogens (tertiary/aromatic N) is 3. The molecule has 1 saturated heterocycles. The van der Waals surface area contributed by atoms with Crippen molar-refractivity contribution in [2.75, 3.05) is 50.0 Å². The van der Waals surface area contributed by atoms with Crippen molar-refractivity contribution in [3.05, 3.63) is 52.0 Å². The fourth-order valence-electron chi connectivity index (χ4n) is 3.69. The summed E-state index contributed by atoms with van der Waals surface area (Å²) in [6.45, 7) is 5.16. The van der Waals surface area contributed by atoms with Crippen LogP contribution in [0.15, 0.2) is 51.8 Å². The number of aromatic nitrogens is 1. The van der Waals surface area contributed by atoms with Gasteiger partial charge in [-0.25, -0.2) is 4.98 Å². The Morgan fingerprint density at radius 2 is 1.94 bits per heavy atom. The van der Waals surface area contributed by atoms with Crippen molar-refractivity contribution in [1.29, 1.82) is 0 Å². The zero-order valence-corrected chi connectivity index (χ0v) is 23.5. The number of halogens is 3. The lowest BCUT2D eigenvalue weighted by Crippen LogP contribution is -2.39. The molecule has 0 unspecified atom stereocenters. The van der Waals surface area contributed by atoms with Gasteiger partial charge >= 0.3 is 0 Å². The van der Waals surface area contributed by atoms with E-state index in [4.69, 9.17) is 21.3 Å². The maximum atomic E-state index is 13.2. The zero-order valence-electron chi connectivity index (χ0n) is 18.8. The van der Waals surface area contributed by atoms with E-state index >= 15 is 0 Å². The predicted octanol–water partition coefficient (Wildman–Crippen LogP) is 6.76. The van der Waals surface area contributed by atoms with Crippen LogP contribution in [0.5, 0.6) is 0 Å². The minimum Gasteiger partial charge on any atom is -0.379 e. The van der Waals surface area contributed by atoms with Gasteiger partial charge in [0.1, 0.15) is 0 Å². The Bertz CT molecular complexity index is 1060. The highest BCUT2D eigenvalue weighted by Crippen LogP contribution is 2.31. The molecule has 5 nitrogen and oxygen atoms in total. The maximum Gasteiger partial charge on any atom is 0.228 e. The van der Waals surface area contributed by atoms with Crippen LogP contribution in [0.4, 0.5) is 5.13 Å². The molecule has 2 heterocycles. The van der Waals surface area contributed by atoms with Crippen LogP contribution >= 0.6 is 63.0 Å². The van der Waals surface area contributed by atoms with E-state index in [1.54, 1.807) is 23.1 Å². The molecule has 34 heavy (non-hydrogen) atoms. The van der Waals surface area contributed by atoms with E-state index in [2.05, 4.69) is 26.9 Å². The van der Waals surface area contributed by atoms with Gasteiger partial charge in [0.15, 0.2) is 5.13 Å². The van der Waals surface area contributed by atoms with E-state index < -0.39 is 0 Å². The van der Waals surface area contributed by atoms with Gasteiger partial charge < -0.3 is 4.74 Å². The zero-order chi connectivity index (χ0) is 23.0. The molecule has 1 aliphatic rings. The van der Waals surface area contributed by atoms with Crippen LogP contribution in [-0.4, -0.2) is 60.9 Å². The third-order valence-corrected chi connectivity index (χ3v) is 8.33. The van der Waals surface area contributed by atoms with Crippen LogP contribution in [0.2, 0.25) is 5.02 Å². The van der Waals surface area contributed by atoms with Gasteiger partial charge in [0.25, 0.3) is 0 Å². The summed E-state index contributed by atoms with van der Waals surface area (Å²) in [4.78, 5) is 23.5. The maximum absolute atomic E-state index is 13.2. The molecule has 0 N–H and O–H groups in total. The minimum atomic E-state index is 0. The van der Waals surface area contributed by atoms with Crippen LogP contribution in [-0.2, 0) is 9.53 Å². The van der Waals surface area contributed by atoms with Gasteiger partial charge in [0, 0.05) is 47.0 Å². The monoisotopic (exact) mass is 603 g/mol.